The van der Waals surface area contributed by atoms with Gasteiger partial charge in [-0.25, -0.2) is 0 Å². The lowest BCUT2D eigenvalue weighted by atomic mass is 9.97. The maximum absolute atomic E-state index is 11.6. The minimum atomic E-state index is -0.189. The number of carbonyl (C=O) groups is 1. The largest absolute Gasteiger partial charge is 0.368 e. The summed E-state index contributed by atoms with van der Waals surface area (Å²) in [6, 6.07) is 1.72. The van der Waals surface area contributed by atoms with Crippen LogP contribution in [0.1, 0.15) is 45.4 Å². The van der Waals surface area contributed by atoms with Gasteiger partial charge in [-0.1, -0.05) is 6.42 Å². The van der Waals surface area contributed by atoms with Crippen LogP contribution in [0.3, 0.4) is 0 Å². The summed E-state index contributed by atoms with van der Waals surface area (Å²) in [6.45, 7) is 6.92. The van der Waals surface area contributed by atoms with Gasteiger partial charge in [0.2, 0.25) is 5.91 Å². The zero-order valence-electron chi connectivity index (χ0n) is 13.3. The molecule has 0 aromatic heterocycles. The standard InChI is InChI=1S/C16H30N4O/c1-12-10-20-8-3-2-4-14(20)11-19(12)9-7-15(16(17)21)18-13-5-6-13/h12-15,18H,2-11H2,1H3,(H2,17,21). The van der Waals surface area contributed by atoms with Crippen LogP contribution in [0.4, 0.5) is 0 Å². The van der Waals surface area contributed by atoms with Crippen molar-refractivity contribution in [1.29, 1.82) is 0 Å². The number of hydrogen-bond donors (Lipinski definition) is 2. The zero-order valence-corrected chi connectivity index (χ0v) is 13.3. The third-order valence-corrected chi connectivity index (χ3v) is 5.38. The Kier molecular flexibility index (Phi) is 4.82. The van der Waals surface area contributed by atoms with Crippen molar-refractivity contribution >= 4 is 5.91 Å². The predicted octanol–water partition coefficient (Wildman–Crippen LogP) is 0.541. The van der Waals surface area contributed by atoms with Crippen LogP contribution < -0.4 is 11.1 Å². The minimum Gasteiger partial charge on any atom is -0.368 e. The van der Waals surface area contributed by atoms with Crippen molar-refractivity contribution < 1.29 is 4.79 Å². The Bertz CT molecular complexity index is 371. The van der Waals surface area contributed by atoms with E-state index in [1.165, 1.54) is 45.2 Å². The molecular formula is C16H30N4O. The number of carbonyl (C=O) groups excluding carboxylic acids is 1. The number of piperidine rings is 1. The second-order valence-electron chi connectivity index (χ2n) is 7.17. The highest BCUT2D eigenvalue weighted by Crippen LogP contribution is 2.24. The van der Waals surface area contributed by atoms with Crippen molar-refractivity contribution in [2.75, 3.05) is 26.2 Å². The lowest BCUT2D eigenvalue weighted by Crippen LogP contribution is -2.59. The van der Waals surface area contributed by atoms with Crippen LogP contribution in [0, 0.1) is 0 Å². The Morgan fingerprint density at radius 2 is 2.10 bits per heavy atom. The van der Waals surface area contributed by atoms with Crippen molar-refractivity contribution in [1.82, 2.24) is 15.1 Å². The summed E-state index contributed by atoms with van der Waals surface area (Å²) in [5, 5.41) is 3.39. The Morgan fingerprint density at radius 3 is 2.81 bits per heavy atom. The number of nitrogens with zero attached hydrogens (tertiary/aromatic N) is 2. The lowest BCUT2D eigenvalue weighted by molar-refractivity contribution is -0.120. The van der Waals surface area contributed by atoms with Crippen LogP contribution in [0.2, 0.25) is 0 Å². The van der Waals surface area contributed by atoms with Gasteiger partial charge in [-0.2, -0.15) is 0 Å². The van der Waals surface area contributed by atoms with Crippen molar-refractivity contribution in [2.24, 2.45) is 5.73 Å². The van der Waals surface area contributed by atoms with Gasteiger partial charge < -0.3 is 11.1 Å². The smallest absolute Gasteiger partial charge is 0.234 e. The van der Waals surface area contributed by atoms with Crippen LogP contribution in [0.15, 0.2) is 0 Å². The van der Waals surface area contributed by atoms with E-state index in [2.05, 4.69) is 22.0 Å². The number of piperazine rings is 1. The first kappa shape index (κ1) is 15.3. The number of fused-ring (bicyclic) bond motifs is 1. The van der Waals surface area contributed by atoms with E-state index in [1.807, 2.05) is 0 Å². The van der Waals surface area contributed by atoms with Crippen LogP contribution in [0.25, 0.3) is 0 Å². The second-order valence-corrected chi connectivity index (χ2v) is 7.17. The third-order valence-electron chi connectivity index (χ3n) is 5.38. The number of amides is 1. The maximum atomic E-state index is 11.6. The van der Waals surface area contributed by atoms with Gasteiger partial charge in [0.1, 0.15) is 0 Å². The molecule has 0 spiro atoms. The molecule has 2 aliphatic heterocycles. The van der Waals surface area contributed by atoms with Gasteiger partial charge >= 0.3 is 0 Å². The van der Waals surface area contributed by atoms with Crippen LogP contribution in [0.5, 0.6) is 0 Å². The molecule has 120 valence electrons. The molecule has 3 unspecified atom stereocenters. The summed E-state index contributed by atoms with van der Waals surface area (Å²) < 4.78 is 0. The van der Waals surface area contributed by atoms with E-state index in [9.17, 15) is 4.79 Å². The number of rotatable bonds is 6. The lowest BCUT2D eigenvalue weighted by Gasteiger charge is -2.47. The van der Waals surface area contributed by atoms with Gasteiger partial charge in [-0.3, -0.25) is 14.6 Å². The normalized spacial score (nSPS) is 32.6. The van der Waals surface area contributed by atoms with Gasteiger partial charge in [0, 0.05) is 37.8 Å². The fraction of sp³-hybridized carbons (Fsp3) is 0.938. The molecule has 3 aliphatic rings. The SMILES string of the molecule is CC1CN2CCCCC2CN1CCC(NC1CC1)C(N)=O. The summed E-state index contributed by atoms with van der Waals surface area (Å²) in [5.41, 5.74) is 5.54. The fourth-order valence-corrected chi connectivity index (χ4v) is 3.86. The molecule has 1 amide bonds. The van der Waals surface area contributed by atoms with E-state index < -0.39 is 0 Å². The van der Waals surface area contributed by atoms with E-state index >= 15 is 0 Å². The van der Waals surface area contributed by atoms with Crippen molar-refractivity contribution in [2.45, 2.75) is 69.6 Å². The molecule has 0 radical (unpaired) electrons. The molecule has 21 heavy (non-hydrogen) atoms. The maximum Gasteiger partial charge on any atom is 0.234 e. The highest BCUT2D eigenvalue weighted by Gasteiger charge is 2.33. The van der Waals surface area contributed by atoms with Gasteiger partial charge in [-0.15, -0.1) is 0 Å². The number of hydrogen-bond acceptors (Lipinski definition) is 4. The summed E-state index contributed by atoms with van der Waals surface area (Å²) in [7, 11) is 0. The summed E-state index contributed by atoms with van der Waals surface area (Å²) in [5.74, 6) is -0.189. The Labute approximate surface area is 128 Å². The zero-order chi connectivity index (χ0) is 14.8. The molecule has 0 aromatic rings. The van der Waals surface area contributed by atoms with Crippen molar-refractivity contribution in [3.8, 4) is 0 Å². The molecule has 1 aliphatic carbocycles. The first-order valence-electron chi connectivity index (χ1n) is 8.67. The van der Waals surface area contributed by atoms with Crippen LogP contribution in [-0.2, 0) is 4.79 Å². The molecule has 0 aromatic carbocycles. The molecule has 1 saturated carbocycles. The average Bonchev–Trinajstić information content (AvgIpc) is 3.27. The molecule has 3 N–H and O–H groups in total. The topological polar surface area (TPSA) is 61.6 Å². The third kappa shape index (κ3) is 3.96. The first-order valence-corrected chi connectivity index (χ1v) is 8.67. The van der Waals surface area contributed by atoms with E-state index in [1.54, 1.807) is 0 Å². The molecule has 5 nitrogen and oxygen atoms in total. The molecular weight excluding hydrogens is 264 g/mol. The molecule has 3 rings (SSSR count). The number of nitrogens with two attached hydrogens (primary N) is 1. The molecule has 2 heterocycles. The molecule has 3 atom stereocenters. The van der Waals surface area contributed by atoms with Gasteiger partial charge in [0.15, 0.2) is 0 Å². The Morgan fingerprint density at radius 1 is 1.29 bits per heavy atom. The monoisotopic (exact) mass is 294 g/mol. The van der Waals surface area contributed by atoms with E-state index in [0.717, 1.165) is 25.6 Å². The van der Waals surface area contributed by atoms with E-state index in [4.69, 9.17) is 5.73 Å². The number of nitrogens with one attached hydrogen (secondary N) is 1. The molecule has 0 bridgehead atoms. The molecule has 3 fully saturated rings. The minimum absolute atomic E-state index is 0.144. The van der Waals surface area contributed by atoms with E-state index in [-0.39, 0.29) is 11.9 Å². The van der Waals surface area contributed by atoms with Crippen LogP contribution >= 0.6 is 0 Å². The highest BCUT2D eigenvalue weighted by molar-refractivity contribution is 5.79. The Hall–Kier alpha value is -0.650. The van der Waals surface area contributed by atoms with Crippen LogP contribution in [-0.4, -0.2) is 66.1 Å². The van der Waals surface area contributed by atoms with Gasteiger partial charge in [0.25, 0.3) is 0 Å². The van der Waals surface area contributed by atoms with Gasteiger partial charge in [0.05, 0.1) is 6.04 Å². The predicted molar refractivity (Wildman–Crippen MR) is 84.0 cm³/mol. The second kappa shape index (κ2) is 6.63. The average molecular weight is 294 g/mol. The fourth-order valence-electron chi connectivity index (χ4n) is 3.86. The van der Waals surface area contributed by atoms with Crippen molar-refractivity contribution in [3.05, 3.63) is 0 Å². The Balaban J connectivity index is 1.49. The van der Waals surface area contributed by atoms with Gasteiger partial charge in [-0.05, 0) is 45.6 Å². The van der Waals surface area contributed by atoms with E-state index in [0.29, 0.717) is 12.1 Å². The highest BCUT2D eigenvalue weighted by atomic mass is 16.1. The first-order chi connectivity index (χ1) is 10.1. The molecule has 5 heteroatoms. The quantitative estimate of drug-likeness (QED) is 0.751. The summed E-state index contributed by atoms with van der Waals surface area (Å²) in [6.07, 6.45) is 7.31. The summed E-state index contributed by atoms with van der Waals surface area (Å²) in [4.78, 5) is 16.8. The number of primary amides is 1. The van der Waals surface area contributed by atoms with Crippen molar-refractivity contribution in [3.63, 3.8) is 0 Å². The molecule has 2 saturated heterocycles. The summed E-state index contributed by atoms with van der Waals surface area (Å²) >= 11 is 0.